The molecule has 0 saturated carbocycles. The number of amides is 1. The van der Waals surface area contributed by atoms with E-state index in [4.69, 9.17) is 13.9 Å². The Kier molecular flexibility index (Phi) is 6.33. The van der Waals surface area contributed by atoms with Gasteiger partial charge in [0.25, 0.3) is 5.91 Å². The van der Waals surface area contributed by atoms with Crippen LogP contribution in [-0.2, 0) is 20.9 Å². The number of hydrogen-bond donors (Lipinski definition) is 1. The molecule has 29 heavy (non-hydrogen) atoms. The highest BCUT2D eigenvalue weighted by Crippen LogP contribution is 2.27. The van der Waals surface area contributed by atoms with Gasteiger partial charge in [-0.3, -0.25) is 4.79 Å². The van der Waals surface area contributed by atoms with Gasteiger partial charge < -0.3 is 19.2 Å². The van der Waals surface area contributed by atoms with Crippen molar-refractivity contribution < 1.29 is 23.5 Å². The number of para-hydroxylation sites is 1. The molecule has 0 aliphatic heterocycles. The molecule has 2 aromatic heterocycles. The Bertz CT molecular complexity index is 1010. The van der Waals surface area contributed by atoms with Crippen LogP contribution >= 0.6 is 0 Å². The molecule has 2 heterocycles. The summed E-state index contributed by atoms with van der Waals surface area (Å²) >= 11 is 0. The number of fused-ring (bicyclic) bond motifs is 1. The van der Waals surface area contributed by atoms with Gasteiger partial charge in [0.1, 0.15) is 11.4 Å². The monoisotopic (exact) mass is 399 g/mol. The second kappa shape index (κ2) is 8.91. The van der Waals surface area contributed by atoms with E-state index in [1.165, 1.54) is 14.0 Å². The second-order valence-corrected chi connectivity index (χ2v) is 6.79. The number of ether oxygens (including phenoxy) is 2. The number of hydrogen-bond acceptors (Lipinski definition) is 6. The summed E-state index contributed by atoms with van der Waals surface area (Å²) in [5, 5.41) is 7.76. The Morgan fingerprint density at radius 1 is 1.24 bits per heavy atom. The van der Waals surface area contributed by atoms with E-state index in [0.717, 1.165) is 11.8 Å². The van der Waals surface area contributed by atoms with E-state index in [9.17, 15) is 9.59 Å². The first-order chi connectivity index (χ1) is 14.0. The van der Waals surface area contributed by atoms with Crippen molar-refractivity contribution in [3.05, 3.63) is 47.9 Å². The van der Waals surface area contributed by atoms with Gasteiger partial charge in [-0.25, -0.2) is 9.48 Å². The van der Waals surface area contributed by atoms with Gasteiger partial charge in [-0.05, 0) is 26.3 Å². The fourth-order valence-electron chi connectivity index (χ4n) is 2.98. The number of furan rings is 1. The largest absolute Gasteiger partial charge is 0.449 e. The third-order valence-corrected chi connectivity index (χ3v) is 4.76. The van der Waals surface area contributed by atoms with Crippen molar-refractivity contribution >= 4 is 28.7 Å². The molecule has 1 N–H and O–H groups in total. The first kappa shape index (κ1) is 20.6. The van der Waals surface area contributed by atoms with E-state index in [2.05, 4.69) is 10.4 Å². The Balaban J connectivity index is 1.74. The topological polar surface area (TPSA) is 95.6 Å². The average molecular weight is 399 g/mol. The third-order valence-electron chi connectivity index (χ3n) is 4.76. The van der Waals surface area contributed by atoms with Crippen LogP contribution in [0.3, 0.4) is 0 Å². The van der Waals surface area contributed by atoms with Gasteiger partial charge in [0.15, 0.2) is 6.10 Å². The Morgan fingerprint density at radius 3 is 2.72 bits per heavy atom. The van der Waals surface area contributed by atoms with E-state index in [1.807, 2.05) is 32.0 Å². The maximum atomic E-state index is 12.7. The predicted octanol–water partition coefficient (Wildman–Crippen LogP) is 3.93. The number of rotatable bonds is 8. The maximum Gasteiger partial charge on any atom is 0.375 e. The van der Waals surface area contributed by atoms with Crippen molar-refractivity contribution in [3.63, 3.8) is 0 Å². The van der Waals surface area contributed by atoms with Gasteiger partial charge >= 0.3 is 5.97 Å². The zero-order chi connectivity index (χ0) is 21.0. The second-order valence-electron chi connectivity index (χ2n) is 6.79. The number of benzene rings is 1. The molecule has 8 nitrogen and oxygen atoms in total. The van der Waals surface area contributed by atoms with Gasteiger partial charge in [0, 0.05) is 24.1 Å². The highest BCUT2D eigenvalue weighted by Gasteiger charge is 2.26. The van der Waals surface area contributed by atoms with Crippen molar-refractivity contribution in [2.75, 3.05) is 12.4 Å². The van der Waals surface area contributed by atoms with Crippen LogP contribution < -0.4 is 5.32 Å². The van der Waals surface area contributed by atoms with Crippen molar-refractivity contribution in [3.8, 4) is 0 Å². The summed E-state index contributed by atoms with van der Waals surface area (Å²) in [6.45, 7) is 5.74. The highest BCUT2D eigenvalue weighted by atomic mass is 16.6. The molecule has 0 fully saturated rings. The molecular weight excluding hydrogens is 374 g/mol. The number of carbonyl (C=O) groups excluding carboxylic acids is 2. The van der Waals surface area contributed by atoms with Gasteiger partial charge in [-0.2, -0.15) is 5.10 Å². The van der Waals surface area contributed by atoms with E-state index in [-0.39, 0.29) is 18.4 Å². The van der Waals surface area contributed by atoms with Crippen LogP contribution in [0.15, 0.2) is 40.9 Å². The van der Waals surface area contributed by atoms with Crippen LogP contribution in [-0.4, -0.2) is 34.9 Å². The van der Waals surface area contributed by atoms with Crippen molar-refractivity contribution in [2.45, 2.75) is 45.9 Å². The minimum Gasteiger partial charge on any atom is -0.449 e. The van der Waals surface area contributed by atoms with Crippen molar-refractivity contribution in [1.82, 2.24) is 9.78 Å². The summed E-state index contributed by atoms with van der Waals surface area (Å²) in [7, 11) is 1.54. The minimum absolute atomic E-state index is 0.0392. The van der Waals surface area contributed by atoms with E-state index >= 15 is 0 Å². The Morgan fingerprint density at radius 2 is 2.00 bits per heavy atom. The molecular formula is C21H25N3O5. The van der Waals surface area contributed by atoms with Gasteiger partial charge in [-0.15, -0.1) is 0 Å². The van der Waals surface area contributed by atoms with E-state index < -0.39 is 18.0 Å². The van der Waals surface area contributed by atoms with Gasteiger partial charge in [0.2, 0.25) is 5.76 Å². The lowest BCUT2D eigenvalue weighted by molar-refractivity contribution is -0.123. The molecule has 0 saturated heterocycles. The van der Waals surface area contributed by atoms with Crippen molar-refractivity contribution in [2.24, 2.45) is 0 Å². The quantitative estimate of drug-likeness (QED) is 0.577. The molecule has 1 aromatic carbocycles. The van der Waals surface area contributed by atoms with Gasteiger partial charge in [0.05, 0.1) is 18.8 Å². The van der Waals surface area contributed by atoms with E-state index in [0.29, 0.717) is 17.0 Å². The number of nitrogens with one attached hydrogen (secondary N) is 1. The molecule has 3 aromatic rings. The summed E-state index contributed by atoms with van der Waals surface area (Å²) in [5.74, 6) is -0.576. The van der Waals surface area contributed by atoms with Crippen LogP contribution in [0.25, 0.3) is 11.0 Å². The molecule has 1 amide bonds. The third kappa shape index (κ3) is 4.32. The number of nitrogens with zero attached hydrogens (tertiary/aromatic N) is 2. The lowest BCUT2D eigenvalue weighted by Gasteiger charge is -2.16. The molecule has 2 atom stereocenters. The number of methoxy groups -OCH3 is 1. The average Bonchev–Trinajstić information content (AvgIpc) is 3.32. The summed E-state index contributed by atoms with van der Waals surface area (Å²) < 4.78 is 17.9. The number of anilines is 1. The molecule has 8 heteroatoms. The number of esters is 1. The summed E-state index contributed by atoms with van der Waals surface area (Å²) in [6.07, 6.45) is 1.46. The molecule has 0 spiro atoms. The summed E-state index contributed by atoms with van der Waals surface area (Å²) in [5.41, 5.74) is 1.15. The predicted molar refractivity (Wildman–Crippen MR) is 108 cm³/mol. The van der Waals surface area contributed by atoms with Crippen LogP contribution in [0.5, 0.6) is 0 Å². The smallest absolute Gasteiger partial charge is 0.375 e. The normalized spacial score (nSPS) is 13.2. The standard InChI is InChI=1S/C21H25N3O5/c1-5-13(2)24-18(10-11-22-24)23-20(25)14(3)28-21(26)19-16(12-27-4)15-8-6-7-9-17(15)29-19/h6-11,13-14H,5,12H2,1-4H3,(H,23,25)/t13-,14-/m0/s1. The van der Waals surface area contributed by atoms with Gasteiger partial charge in [-0.1, -0.05) is 25.1 Å². The molecule has 0 aliphatic rings. The Hall–Kier alpha value is -3.13. The zero-order valence-electron chi connectivity index (χ0n) is 17.0. The molecule has 0 unspecified atom stereocenters. The minimum atomic E-state index is -1.02. The SMILES string of the molecule is CC[C@H](C)n1nccc1NC(=O)[C@H](C)OC(=O)c1oc2ccccc2c1COC. The highest BCUT2D eigenvalue weighted by molar-refractivity contribution is 5.99. The molecule has 0 bridgehead atoms. The molecule has 0 aliphatic carbocycles. The van der Waals surface area contributed by atoms with Crippen LogP contribution in [0.2, 0.25) is 0 Å². The zero-order valence-corrected chi connectivity index (χ0v) is 17.0. The molecule has 154 valence electrons. The molecule has 0 radical (unpaired) electrons. The van der Waals surface area contributed by atoms with Crippen LogP contribution in [0, 0.1) is 0 Å². The first-order valence-electron chi connectivity index (χ1n) is 9.50. The number of aromatic nitrogens is 2. The summed E-state index contributed by atoms with van der Waals surface area (Å²) in [6, 6.07) is 9.10. The fraction of sp³-hybridized carbons (Fsp3) is 0.381. The Labute approximate surface area is 168 Å². The number of carbonyl (C=O) groups is 2. The first-order valence-corrected chi connectivity index (χ1v) is 9.50. The van der Waals surface area contributed by atoms with E-state index in [1.54, 1.807) is 23.0 Å². The fourth-order valence-corrected chi connectivity index (χ4v) is 2.98. The molecule has 3 rings (SSSR count). The lowest BCUT2D eigenvalue weighted by Crippen LogP contribution is -2.31. The maximum absolute atomic E-state index is 12.7. The lowest BCUT2D eigenvalue weighted by atomic mass is 10.1. The summed E-state index contributed by atoms with van der Waals surface area (Å²) in [4.78, 5) is 25.2. The van der Waals surface area contributed by atoms with Crippen LogP contribution in [0.4, 0.5) is 5.82 Å². The van der Waals surface area contributed by atoms with Crippen LogP contribution in [0.1, 0.15) is 49.4 Å². The van der Waals surface area contributed by atoms with Crippen molar-refractivity contribution in [1.29, 1.82) is 0 Å².